The number of rotatable bonds is 3. The van der Waals surface area contributed by atoms with Crippen molar-refractivity contribution in [1.29, 1.82) is 0 Å². The topological polar surface area (TPSA) is 26.8 Å². The molecule has 4 nitrogen and oxygen atoms in total. The largest absolute Gasteiger partial charge is 0.369 e. The standard InChI is InChI=1S/C25H24ClN3OS/c1-18(27-13-15-28(16-14-27)20-8-6-7-19(26)17-20)25(30)29-21-9-2-4-11-23(21)31-24-12-5-3-10-22(24)29/h2-12,17-18H,13-16H2,1H3. The maximum atomic E-state index is 13.8. The summed E-state index contributed by atoms with van der Waals surface area (Å²) in [6.45, 7) is 5.46. The number of para-hydroxylation sites is 2. The SMILES string of the molecule is CC(C(=O)N1c2ccccc2Sc2ccccc21)N1CCN(c2cccc(Cl)c2)CC1. The number of nitrogens with zero attached hydrogens (tertiary/aromatic N) is 3. The van der Waals surface area contributed by atoms with Crippen LogP contribution < -0.4 is 9.80 Å². The molecule has 6 heteroatoms. The zero-order valence-corrected chi connectivity index (χ0v) is 18.9. The van der Waals surface area contributed by atoms with Gasteiger partial charge in [-0.25, -0.2) is 0 Å². The summed E-state index contributed by atoms with van der Waals surface area (Å²) in [5.41, 5.74) is 3.09. The highest BCUT2D eigenvalue weighted by atomic mass is 35.5. The van der Waals surface area contributed by atoms with Crippen LogP contribution in [0.1, 0.15) is 6.92 Å². The fourth-order valence-corrected chi connectivity index (χ4v) is 5.57. The van der Waals surface area contributed by atoms with Crippen LogP contribution in [0.25, 0.3) is 0 Å². The first kappa shape index (κ1) is 20.4. The third-order valence-electron chi connectivity index (χ3n) is 6.05. The number of benzene rings is 3. The summed E-state index contributed by atoms with van der Waals surface area (Å²) in [4.78, 5) is 22.5. The number of halogens is 1. The fraction of sp³-hybridized carbons (Fsp3) is 0.240. The van der Waals surface area contributed by atoms with Gasteiger partial charge in [-0.3, -0.25) is 14.6 Å². The van der Waals surface area contributed by atoms with Gasteiger partial charge in [0.25, 0.3) is 0 Å². The number of amides is 1. The number of hydrogen-bond acceptors (Lipinski definition) is 4. The lowest BCUT2D eigenvalue weighted by molar-refractivity contribution is -0.122. The van der Waals surface area contributed by atoms with Gasteiger partial charge in [0.1, 0.15) is 0 Å². The Balaban J connectivity index is 1.35. The van der Waals surface area contributed by atoms with Gasteiger partial charge in [0, 0.05) is 46.7 Å². The molecule has 1 unspecified atom stereocenters. The molecule has 3 aromatic rings. The van der Waals surface area contributed by atoms with Crippen molar-refractivity contribution in [2.75, 3.05) is 36.0 Å². The third-order valence-corrected chi connectivity index (χ3v) is 7.41. The van der Waals surface area contributed by atoms with E-state index in [2.05, 4.69) is 28.0 Å². The first-order valence-electron chi connectivity index (χ1n) is 10.6. The zero-order chi connectivity index (χ0) is 21.4. The smallest absolute Gasteiger partial charge is 0.248 e. The van der Waals surface area contributed by atoms with E-state index in [0.29, 0.717) is 0 Å². The highest BCUT2D eigenvalue weighted by molar-refractivity contribution is 7.99. The van der Waals surface area contributed by atoms with Gasteiger partial charge >= 0.3 is 0 Å². The molecule has 1 amide bonds. The molecule has 1 fully saturated rings. The molecule has 2 heterocycles. The van der Waals surface area contributed by atoms with Crippen LogP contribution in [0, 0.1) is 0 Å². The molecule has 2 aliphatic rings. The molecular weight excluding hydrogens is 426 g/mol. The first-order valence-corrected chi connectivity index (χ1v) is 11.8. The third kappa shape index (κ3) is 3.93. The zero-order valence-electron chi connectivity index (χ0n) is 17.4. The molecule has 0 spiro atoms. The summed E-state index contributed by atoms with van der Waals surface area (Å²) >= 11 is 7.89. The summed E-state index contributed by atoms with van der Waals surface area (Å²) in [6, 6.07) is 24.1. The molecule has 0 bridgehead atoms. The van der Waals surface area contributed by atoms with Crippen molar-refractivity contribution in [1.82, 2.24) is 4.90 Å². The maximum absolute atomic E-state index is 13.8. The van der Waals surface area contributed by atoms with E-state index in [-0.39, 0.29) is 11.9 Å². The highest BCUT2D eigenvalue weighted by Gasteiger charge is 2.34. The maximum Gasteiger partial charge on any atom is 0.248 e. The first-order chi connectivity index (χ1) is 15.1. The monoisotopic (exact) mass is 449 g/mol. The lowest BCUT2D eigenvalue weighted by atomic mass is 10.1. The minimum atomic E-state index is -0.203. The minimum absolute atomic E-state index is 0.122. The molecule has 5 rings (SSSR count). The van der Waals surface area contributed by atoms with Crippen molar-refractivity contribution in [3.8, 4) is 0 Å². The second-order valence-electron chi connectivity index (χ2n) is 7.89. The predicted octanol–water partition coefficient (Wildman–Crippen LogP) is 5.68. The van der Waals surface area contributed by atoms with Crippen LogP contribution in [-0.4, -0.2) is 43.0 Å². The number of hydrogen-bond donors (Lipinski definition) is 0. The number of anilines is 3. The molecule has 0 radical (unpaired) electrons. The van der Waals surface area contributed by atoms with Crippen LogP contribution in [-0.2, 0) is 4.79 Å². The molecule has 0 aliphatic carbocycles. The number of piperazine rings is 1. The van der Waals surface area contributed by atoms with Gasteiger partial charge in [0.2, 0.25) is 5.91 Å². The fourth-order valence-electron chi connectivity index (χ4n) is 4.33. The average molecular weight is 450 g/mol. The quantitative estimate of drug-likeness (QED) is 0.514. The Morgan fingerprint density at radius 2 is 1.48 bits per heavy atom. The van der Waals surface area contributed by atoms with E-state index in [1.54, 1.807) is 11.8 Å². The summed E-state index contributed by atoms with van der Waals surface area (Å²) in [7, 11) is 0. The molecule has 158 valence electrons. The van der Waals surface area contributed by atoms with E-state index in [1.165, 1.54) is 0 Å². The van der Waals surface area contributed by atoms with Gasteiger partial charge in [-0.2, -0.15) is 0 Å². The Morgan fingerprint density at radius 1 is 0.871 bits per heavy atom. The summed E-state index contributed by atoms with van der Waals surface area (Å²) < 4.78 is 0. The lowest BCUT2D eigenvalue weighted by Crippen LogP contribution is -2.54. The number of carbonyl (C=O) groups is 1. The van der Waals surface area contributed by atoms with Crippen molar-refractivity contribution in [3.05, 3.63) is 77.8 Å². The van der Waals surface area contributed by atoms with E-state index in [0.717, 1.165) is 58.1 Å². The van der Waals surface area contributed by atoms with E-state index in [4.69, 9.17) is 11.6 Å². The molecule has 3 aromatic carbocycles. The van der Waals surface area contributed by atoms with E-state index < -0.39 is 0 Å². The van der Waals surface area contributed by atoms with Crippen molar-refractivity contribution in [2.24, 2.45) is 0 Å². The summed E-state index contributed by atoms with van der Waals surface area (Å²) in [6.07, 6.45) is 0. The Hall–Kier alpha value is -2.47. The highest BCUT2D eigenvalue weighted by Crippen LogP contribution is 2.48. The van der Waals surface area contributed by atoms with Crippen LogP contribution in [0.3, 0.4) is 0 Å². The molecule has 2 aliphatic heterocycles. The molecule has 0 saturated carbocycles. The van der Waals surface area contributed by atoms with Gasteiger partial charge in [0.05, 0.1) is 17.4 Å². The Morgan fingerprint density at radius 3 is 2.10 bits per heavy atom. The van der Waals surface area contributed by atoms with E-state index >= 15 is 0 Å². The second-order valence-corrected chi connectivity index (χ2v) is 9.41. The van der Waals surface area contributed by atoms with Crippen molar-refractivity contribution < 1.29 is 4.79 Å². The second kappa shape index (κ2) is 8.58. The van der Waals surface area contributed by atoms with Crippen LogP contribution in [0.5, 0.6) is 0 Å². The lowest BCUT2D eigenvalue weighted by Gasteiger charge is -2.40. The van der Waals surface area contributed by atoms with E-state index in [1.807, 2.05) is 66.4 Å². The Labute approximate surface area is 192 Å². The van der Waals surface area contributed by atoms with Gasteiger partial charge in [-0.1, -0.05) is 53.7 Å². The Bertz CT molecular complexity index is 1070. The molecule has 1 saturated heterocycles. The molecule has 0 aromatic heterocycles. The van der Waals surface area contributed by atoms with Crippen LogP contribution in [0.2, 0.25) is 5.02 Å². The summed E-state index contributed by atoms with van der Waals surface area (Å²) in [5.74, 6) is 0.122. The van der Waals surface area contributed by atoms with Crippen molar-refractivity contribution >= 4 is 46.3 Å². The van der Waals surface area contributed by atoms with Gasteiger partial charge < -0.3 is 4.90 Å². The molecule has 31 heavy (non-hydrogen) atoms. The Kier molecular flexibility index (Phi) is 5.65. The normalized spacial score (nSPS) is 17.1. The molecular formula is C25H24ClN3OS. The molecule has 0 N–H and O–H groups in total. The summed E-state index contributed by atoms with van der Waals surface area (Å²) in [5, 5.41) is 0.753. The van der Waals surface area contributed by atoms with Crippen molar-refractivity contribution in [3.63, 3.8) is 0 Å². The van der Waals surface area contributed by atoms with E-state index in [9.17, 15) is 4.79 Å². The minimum Gasteiger partial charge on any atom is -0.369 e. The number of carbonyl (C=O) groups excluding carboxylic acids is 1. The van der Waals surface area contributed by atoms with Crippen molar-refractivity contribution in [2.45, 2.75) is 22.8 Å². The average Bonchev–Trinajstić information content (AvgIpc) is 2.81. The number of fused-ring (bicyclic) bond motifs is 2. The van der Waals surface area contributed by atoms with Crippen LogP contribution in [0.4, 0.5) is 17.1 Å². The van der Waals surface area contributed by atoms with Crippen LogP contribution in [0.15, 0.2) is 82.6 Å². The van der Waals surface area contributed by atoms with Crippen LogP contribution >= 0.6 is 23.4 Å². The predicted molar refractivity (Wildman–Crippen MR) is 129 cm³/mol. The van der Waals surface area contributed by atoms with Gasteiger partial charge in [0.15, 0.2) is 0 Å². The molecule has 1 atom stereocenters. The van der Waals surface area contributed by atoms with Gasteiger partial charge in [-0.15, -0.1) is 0 Å². The van der Waals surface area contributed by atoms with Gasteiger partial charge in [-0.05, 0) is 49.4 Å².